The zero-order chi connectivity index (χ0) is 9.35. The Bertz CT molecular complexity index is 221. The van der Waals surface area contributed by atoms with Gasteiger partial charge >= 0.3 is 11.9 Å². The number of alkyl halides is 2. The summed E-state index contributed by atoms with van der Waals surface area (Å²) in [6.07, 6.45) is 0.900. The number of halogens is 2. The second-order valence-electron chi connectivity index (χ2n) is 2.70. The van der Waals surface area contributed by atoms with Gasteiger partial charge in [0, 0.05) is 5.92 Å². The van der Waals surface area contributed by atoms with Crippen LogP contribution in [0.3, 0.4) is 0 Å². The molecule has 0 atom stereocenters. The van der Waals surface area contributed by atoms with Crippen molar-refractivity contribution in [1.29, 1.82) is 0 Å². The molecular formula is C7H8F2O3. The summed E-state index contributed by atoms with van der Waals surface area (Å²) in [6.45, 7) is 0. The van der Waals surface area contributed by atoms with Crippen molar-refractivity contribution in [2.75, 3.05) is 7.11 Å². The minimum atomic E-state index is -3.95. The maximum Gasteiger partial charge on any atom is 0.400 e. The molecule has 5 heteroatoms. The van der Waals surface area contributed by atoms with Crippen molar-refractivity contribution in [2.24, 2.45) is 5.92 Å². The van der Waals surface area contributed by atoms with Crippen molar-refractivity contribution in [2.45, 2.75) is 18.8 Å². The molecule has 3 nitrogen and oxygen atoms in total. The van der Waals surface area contributed by atoms with Crippen LogP contribution in [0.4, 0.5) is 8.78 Å². The molecule has 0 bridgehead atoms. The summed E-state index contributed by atoms with van der Waals surface area (Å²) in [5.41, 5.74) is 0. The molecule has 1 saturated carbocycles. The molecule has 12 heavy (non-hydrogen) atoms. The molecule has 0 heterocycles. The average molecular weight is 178 g/mol. The lowest BCUT2D eigenvalue weighted by atomic mass is 10.1. The Kier molecular flexibility index (Phi) is 2.12. The lowest BCUT2D eigenvalue weighted by Gasteiger charge is -2.10. The maximum atomic E-state index is 12.7. The highest BCUT2D eigenvalue weighted by atomic mass is 19.3. The summed E-state index contributed by atoms with van der Waals surface area (Å²) < 4.78 is 29.2. The predicted molar refractivity (Wildman–Crippen MR) is 34.7 cm³/mol. The smallest absolute Gasteiger partial charge is 0.400 e. The van der Waals surface area contributed by atoms with Gasteiger partial charge in [0.25, 0.3) is 0 Å². The monoisotopic (exact) mass is 178 g/mol. The third kappa shape index (κ3) is 1.44. The lowest BCUT2D eigenvalue weighted by molar-refractivity contribution is -0.175. The number of hydrogen-bond acceptors (Lipinski definition) is 3. The molecule has 0 aromatic rings. The summed E-state index contributed by atoms with van der Waals surface area (Å²) in [7, 11) is 0.830. The summed E-state index contributed by atoms with van der Waals surface area (Å²) in [4.78, 5) is 21.2. The molecule has 1 fully saturated rings. The first-order chi connectivity index (χ1) is 5.50. The largest absolute Gasteiger partial charge is 0.464 e. The molecule has 0 aromatic carbocycles. The maximum absolute atomic E-state index is 12.7. The number of Topliss-reactive ketones (excluding diaryl/α,β-unsaturated/α-hetero) is 1. The van der Waals surface area contributed by atoms with E-state index in [0.29, 0.717) is 12.8 Å². The second kappa shape index (κ2) is 2.80. The molecule has 1 rings (SSSR count). The number of carbonyl (C=O) groups excluding carboxylic acids is 2. The zero-order valence-electron chi connectivity index (χ0n) is 6.47. The number of methoxy groups -OCH3 is 1. The van der Waals surface area contributed by atoms with E-state index in [-0.39, 0.29) is 0 Å². The van der Waals surface area contributed by atoms with Crippen molar-refractivity contribution in [3.63, 3.8) is 0 Å². The van der Waals surface area contributed by atoms with E-state index < -0.39 is 23.6 Å². The predicted octanol–water partition coefficient (Wildman–Crippen LogP) is 0.774. The van der Waals surface area contributed by atoms with Crippen LogP contribution < -0.4 is 0 Å². The Hall–Kier alpha value is -1.00. The van der Waals surface area contributed by atoms with Crippen LogP contribution in [0.25, 0.3) is 0 Å². The van der Waals surface area contributed by atoms with Gasteiger partial charge < -0.3 is 4.74 Å². The second-order valence-corrected chi connectivity index (χ2v) is 2.70. The molecule has 0 N–H and O–H groups in total. The molecule has 1 aliphatic carbocycles. The van der Waals surface area contributed by atoms with Crippen molar-refractivity contribution >= 4 is 11.8 Å². The molecular weight excluding hydrogens is 170 g/mol. The topological polar surface area (TPSA) is 43.4 Å². The van der Waals surface area contributed by atoms with E-state index in [2.05, 4.69) is 4.74 Å². The van der Waals surface area contributed by atoms with E-state index in [1.165, 1.54) is 0 Å². The first-order valence-electron chi connectivity index (χ1n) is 3.50. The fourth-order valence-electron chi connectivity index (χ4n) is 0.831. The van der Waals surface area contributed by atoms with Crippen LogP contribution in [0.2, 0.25) is 0 Å². The number of hydrogen-bond donors (Lipinski definition) is 0. The third-order valence-electron chi connectivity index (χ3n) is 1.70. The van der Waals surface area contributed by atoms with E-state index >= 15 is 0 Å². The number of esters is 1. The quantitative estimate of drug-likeness (QED) is 0.473. The number of ketones is 1. The van der Waals surface area contributed by atoms with Crippen molar-refractivity contribution < 1.29 is 23.1 Å². The fraction of sp³-hybridized carbons (Fsp3) is 0.714. The van der Waals surface area contributed by atoms with Gasteiger partial charge in [-0.2, -0.15) is 8.78 Å². The highest BCUT2D eigenvalue weighted by molar-refractivity contribution is 6.07. The molecule has 0 radical (unpaired) electrons. The SMILES string of the molecule is COC(=O)C(F)(F)C(=O)C1CC1. The number of ether oxygens (including phenoxy) is 1. The Labute approximate surface area is 67.7 Å². The van der Waals surface area contributed by atoms with E-state index in [0.717, 1.165) is 7.11 Å². The highest BCUT2D eigenvalue weighted by Crippen LogP contribution is 2.36. The minimum Gasteiger partial charge on any atom is -0.464 e. The molecule has 0 aliphatic heterocycles. The number of rotatable bonds is 3. The van der Waals surface area contributed by atoms with E-state index in [1.807, 2.05) is 0 Å². The normalized spacial score (nSPS) is 17.2. The van der Waals surface area contributed by atoms with Crippen LogP contribution in [-0.2, 0) is 14.3 Å². The van der Waals surface area contributed by atoms with Crippen molar-refractivity contribution in [1.82, 2.24) is 0 Å². The van der Waals surface area contributed by atoms with E-state index in [9.17, 15) is 18.4 Å². The van der Waals surface area contributed by atoms with Gasteiger partial charge in [-0.3, -0.25) is 4.79 Å². The standard InChI is InChI=1S/C7H8F2O3/c1-12-6(11)7(8,9)5(10)4-2-3-4/h4H,2-3H2,1H3. The summed E-state index contributed by atoms with van der Waals surface area (Å²) >= 11 is 0. The minimum absolute atomic E-state index is 0.450. The Morgan fingerprint density at radius 2 is 1.92 bits per heavy atom. The first kappa shape index (κ1) is 9.09. The molecule has 1 aliphatic rings. The van der Waals surface area contributed by atoms with Crippen LogP contribution >= 0.6 is 0 Å². The highest BCUT2D eigenvalue weighted by Gasteiger charge is 2.53. The Morgan fingerprint density at radius 1 is 1.42 bits per heavy atom. The lowest BCUT2D eigenvalue weighted by Crippen LogP contribution is -2.39. The molecule has 0 unspecified atom stereocenters. The molecule has 0 aromatic heterocycles. The molecule has 0 amide bonds. The van der Waals surface area contributed by atoms with E-state index in [4.69, 9.17) is 0 Å². The van der Waals surface area contributed by atoms with Gasteiger partial charge in [-0.1, -0.05) is 0 Å². The van der Waals surface area contributed by atoms with Crippen molar-refractivity contribution in [3.05, 3.63) is 0 Å². The van der Waals surface area contributed by atoms with Crippen LogP contribution in [0.5, 0.6) is 0 Å². The summed E-state index contributed by atoms with van der Waals surface area (Å²) in [6, 6.07) is 0. The Morgan fingerprint density at radius 3 is 2.25 bits per heavy atom. The van der Waals surface area contributed by atoms with Crippen LogP contribution in [0.15, 0.2) is 0 Å². The fourth-order valence-corrected chi connectivity index (χ4v) is 0.831. The van der Waals surface area contributed by atoms with Gasteiger partial charge in [0.15, 0.2) is 0 Å². The average Bonchev–Trinajstić information content (AvgIpc) is 2.83. The molecule has 0 saturated heterocycles. The van der Waals surface area contributed by atoms with Crippen LogP contribution in [0, 0.1) is 5.92 Å². The number of carbonyl (C=O) groups is 2. The third-order valence-corrected chi connectivity index (χ3v) is 1.70. The van der Waals surface area contributed by atoms with E-state index in [1.54, 1.807) is 0 Å². The van der Waals surface area contributed by atoms with Crippen LogP contribution in [-0.4, -0.2) is 24.8 Å². The summed E-state index contributed by atoms with van der Waals surface area (Å²) in [5.74, 6) is -7.66. The Balaban J connectivity index is 2.68. The molecule has 0 spiro atoms. The first-order valence-corrected chi connectivity index (χ1v) is 3.50. The van der Waals surface area contributed by atoms with Gasteiger partial charge in [0.1, 0.15) is 0 Å². The van der Waals surface area contributed by atoms with Gasteiger partial charge in [0.05, 0.1) is 7.11 Å². The molecule has 68 valence electrons. The van der Waals surface area contributed by atoms with Crippen LogP contribution in [0.1, 0.15) is 12.8 Å². The van der Waals surface area contributed by atoms with Crippen molar-refractivity contribution in [3.8, 4) is 0 Å². The summed E-state index contributed by atoms with van der Waals surface area (Å²) in [5, 5.41) is 0. The van der Waals surface area contributed by atoms with Gasteiger partial charge in [-0.15, -0.1) is 0 Å². The van der Waals surface area contributed by atoms with Gasteiger partial charge in [-0.25, -0.2) is 4.79 Å². The van der Waals surface area contributed by atoms with Gasteiger partial charge in [-0.05, 0) is 12.8 Å². The zero-order valence-corrected chi connectivity index (χ0v) is 6.47. The van der Waals surface area contributed by atoms with Gasteiger partial charge in [0.2, 0.25) is 5.78 Å².